The zero-order chi connectivity index (χ0) is 18.4. The summed E-state index contributed by atoms with van der Waals surface area (Å²) in [6.45, 7) is -1.43. The molecule has 1 N–H and O–H groups in total. The fourth-order valence-electron chi connectivity index (χ4n) is 2.15. The van der Waals surface area contributed by atoms with Gasteiger partial charge in [0.25, 0.3) is 5.78 Å². The predicted molar refractivity (Wildman–Crippen MR) is 85.8 cm³/mol. The molecule has 3 aromatic rings. The van der Waals surface area contributed by atoms with Gasteiger partial charge in [-0.25, -0.2) is 4.39 Å². The van der Waals surface area contributed by atoms with Crippen LogP contribution < -0.4 is 5.32 Å². The van der Waals surface area contributed by atoms with Crippen LogP contribution in [0.5, 0.6) is 0 Å². The SMILES string of the molecule is Fc1cccc(Cl)c1-c1c(Cl)nc2nc(Cl)nn2c1NCC(F)(F)F. The summed E-state index contributed by atoms with van der Waals surface area (Å²) in [5.41, 5.74) is -0.414. The van der Waals surface area contributed by atoms with E-state index in [1.54, 1.807) is 0 Å². The first-order valence-electron chi connectivity index (χ1n) is 6.54. The van der Waals surface area contributed by atoms with Crippen molar-refractivity contribution in [2.24, 2.45) is 0 Å². The molecule has 5 nitrogen and oxygen atoms in total. The molecule has 0 aliphatic carbocycles. The molecule has 2 heterocycles. The van der Waals surface area contributed by atoms with Gasteiger partial charge < -0.3 is 5.32 Å². The lowest BCUT2D eigenvalue weighted by Gasteiger charge is -2.16. The number of halogens is 7. The molecule has 0 aliphatic rings. The summed E-state index contributed by atoms with van der Waals surface area (Å²) < 4.78 is 53.2. The minimum atomic E-state index is -4.55. The molecule has 0 saturated heterocycles. The van der Waals surface area contributed by atoms with Crippen LogP contribution in [0, 0.1) is 5.82 Å². The molecule has 12 heteroatoms. The van der Waals surface area contributed by atoms with Crippen LogP contribution in [0.3, 0.4) is 0 Å². The molecular formula is C13H6Cl3F4N5. The Labute approximate surface area is 152 Å². The highest BCUT2D eigenvalue weighted by atomic mass is 35.5. The second-order valence-corrected chi connectivity index (χ2v) is 5.89. The number of aromatic nitrogens is 4. The Morgan fingerprint density at radius 2 is 1.80 bits per heavy atom. The Hall–Kier alpha value is -1.84. The van der Waals surface area contributed by atoms with Crippen LogP contribution in [-0.4, -0.2) is 32.3 Å². The summed E-state index contributed by atoms with van der Waals surface area (Å²) in [4.78, 5) is 7.62. The van der Waals surface area contributed by atoms with Gasteiger partial charge in [0, 0.05) is 5.56 Å². The van der Waals surface area contributed by atoms with Crippen molar-refractivity contribution in [2.45, 2.75) is 6.18 Å². The number of anilines is 1. The van der Waals surface area contributed by atoms with Crippen molar-refractivity contribution in [3.05, 3.63) is 39.5 Å². The van der Waals surface area contributed by atoms with E-state index in [1.165, 1.54) is 12.1 Å². The van der Waals surface area contributed by atoms with Gasteiger partial charge in [0.15, 0.2) is 0 Å². The highest BCUT2D eigenvalue weighted by Gasteiger charge is 2.30. The maximum absolute atomic E-state index is 14.3. The second kappa shape index (κ2) is 6.47. The van der Waals surface area contributed by atoms with Crippen LogP contribution in [0.1, 0.15) is 0 Å². The summed E-state index contributed by atoms with van der Waals surface area (Å²) in [5, 5.41) is 5.24. The summed E-state index contributed by atoms with van der Waals surface area (Å²) in [6, 6.07) is 3.79. The van der Waals surface area contributed by atoms with Gasteiger partial charge in [-0.1, -0.05) is 29.3 Å². The monoisotopic (exact) mass is 413 g/mol. The Balaban J connectivity index is 2.31. The molecule has 0 unspecified atom stereocenters. The van der Waals surface area contributed by atoms with Crippen molar-refractivity contribution < 1.29 is 17.6 Å². The molecular weight excluding hydrogens is 409 g/mol. The number of benzene rings is 1. The molecule has 2 aromatic heterocycles. The van der Waals surface area contributed by atoms with E-state index >= 15 is 0 Å². The number of rotatable bonds is 3. The molecule has 1 aromatic carbocycles. The zero-order valence-electron chi connectivity index (χ0n) is 11.9. The third-order valence-electron chi connectivity index (χ3n) is 3.09. The minimum Gasteiger partial charge on any atom is -0.360 e. The molecule has 25 heavy (non-hydrogen) atoms. The van der Waals surface area contributed by atoms with E-state index in [1.807, 2.05) is 0 Å². The third-order valence-corrected chi connectivity index (χ3v) is 3.83. The van der Waals surface area contributed by atoms with E-state index < -0.39 is 18.5 Å². The molecule has 3 rings (SSSR count). The van der Waals surface area contributed by atoms with Gasteiger partial charge in [0.1, 0.15) is 23.3 Å². The largest absolute Gasteiger partial charge is 0.405 e. The number of hydrogen-bond donors (Lipinski definition) is 1. The van der Waals surface area contributed by atoms with Gasteiger partial charge >= 0.3 is 6.18 Å². The lowest BCUT2D eigenvalue weighted by atomic mass is 10.1. The first-order valence-corrected chi connectivity index (χ1v) is 7.67. The van der Waals surface area contributed by atoms with Crippen LogP contribution in [0.15, 0.2) is 18.2 Å². The van der Waals surface area contributed by atoms with Crippen LogP contribution in [0.2, 0.25) is 15.5 Å². The van der Waals surface area contributed by atoms with Gasteiger partial charge in [0.2, 0.25) is 5.28 Å². The standard InChI is InChI=1S/C13H6Cl3F4N5/c14-5-2-1-3-6(17)7(5)8-9(15)22-12-23-11(16)24-25(12)10(8)21-4-13(18,19)20/h1-3,21H,4H2. The van der Waals surface area contributed by atoms with E-state index in [-0.39, 0.29) is 38.2 Å². The Morgan fingerprint density at radius 1 is 1.08 bits per heavy atom. The molecule has 0 atom stereocenters. The van der Waals surface area contributed by atoms with Crippen LogP contribution in [0.4, 0.5) is 23.4 Å². The maximum Gasteiger partial charge on any atom is 0.405 e. The average molecular weight is 415 g/mol. The Bertz CT molecular complexity index is 937. The van der Waals surface area contributed by atoms with Gasteiger partial charge in [-0.2, -0.15) is 27.7 Å². The first kappa shape index (κ1) is 18.0. The lowest BCUT2D eigenvalue weighted by Crippen LogP contribution is -2.23. The lowest BCUT2D eigenvalue weighted by molar-refractivity contribution is -0.115. The van der Waals surface area contributed by atoms with Gasteiger partial charge in [0.05, 0.1) is 10.6 Å². The molecule has 0 bridgehead atoms. The Morgan fingerprint density at radius 3 is 2.44 bits per heavy atom. The number of nitrogens with one attached hydrogen (secondary N) is 1. The third kappa shape index (κ3) is 3.58. The highest BCUT2D eigenvalue weighted by molar-refractivity contribution is 6.36. The predicted octanol–water partition coefficient (Wildman–Crippen LogP) is 4.86. The smallest absolute Gasteiger partial charge is 0.360 e. The van der Waals surface area contributed by atoms with E-state index in [9.17, 15) is 17.6 Å². The zero-order valence-corrected chi connectivity index (χ0v) is 14.1. The number of fused-ring (bicyclic) bond motifs is 1. The molecule has 0 fully saturated rings. The van der Waals surface area contributed by atoms with Crippen molar-refractivity contribution in [3.63, 3.8) is 0 Å². The molecule has 0 aliphatic heterocycles. The van der Waals surface area contributed by atoms with Crippen molar-refractivity contribution in [1.82, 2.24) is 19.6 Å². The molecule has 0 saturated carbocycles. The van der Waals surface area contributed by atoms with Crippen LogP contribution in [0.25, 0.3) is 16.9 Å². The topological polar surface area (TPSA) is 55.1 Å². The van der Waals surface area contributed by atoms with E-state index in [4.69, 9.17) is 34.8 Å². The van der Waals surface area contributed by atoms with Gasteiger partial charge in [-0.05, 0) is 23.7 Å². The van der Waals surface area contributed by atoms with Crippen molar-refractivity contribution in [1.29, 1.82) is 0 Å². The number of alkyl halides is 3. The molecule has 0 amide bonds. The molecule has 0 radical (unpaired) electrons. The van der Waals surface area contributed by atoms with E-state index in [2.05, 4.69) is 20.4 Å². The minimum absolute atomic E-state index is 0.0654. The van der Waals surface area contributed by atoms with Crippen molar-refractivity contribution in [2.75, 3.05) is 11.9 Å². The molecule has 0 spiro atoms. The normalized spacial score (nSPS) is 12.0. The number of hydrogen-bond acceptors (Lipinski definition) is 4. The summed E-state index contributed by atoms with van der Waals surface area (Å²) in [5.74, 6) is -1.24. The van der Waals surface area contributed by atoms with Crippen LogP contribution in [-0.2, 0) is 0 Å². The van der Waals surface area contributed by atoms with Crippen molar-refractivity contribution in [3.8, 4) is 11.1 Å². The first-order chi connectivity index (χ1) is 11.7. The van der Waals surface area contributed by atoms with Crippen molar-refractivity contribution >= 4 is 46.4 Å². The highest BCUT2D eigenvalue weighted by Crippen LogP contribution is 2.40. The molecule has 132 valence electrons. The second-order valence-electron chi connectivity index (χ2n) is 4.78. The number of nitrogens with zero attached hydrogens (tertiary/aromatic N) is 4. The van der Waals surface area contributed by atoms with Gasteiger partial charge in [-0.15, -0.1) is 5.10 Å². The quantitative estimate of drug-likeness (QED) is 0.491. The van der Waals surface area contributed by atoms with Crippen LogP contribution >= 0.6 is 34.8 Å². The fourth-order valence-corrected chi connectivity index (χ4v) is 2.82. The summed E-state index contributed by atoms with van der Waals surface area (Å²) >= 11 is 17.8. The Kier molecular flexibility index (Phi) is 4.65. The van der Waals surface area contributed by atoms with Gasteiger partial charge in [-0.3, -0.25) is 0 Å². The average Bonchev–Trinajstić information content (AvgIpc) is 2.85. The summed E-state index contributed by atoms with van der Waals surface area (Å²) in [6.07, 6.45) is -4.55. The maximum atomic E-state index is 14.3. The summed E-state index contributed by atoms with van der Waals surface area (Å²) in [7, 11) is 0. The van der Waals surface area contributed by atoms with E-state index in [0.717, 1.165) is 10.6 Å². The van der Waals surface area contributed by atoms with E-state index in [0.29, 0.717) is 0 Å². The fraction of sp³-hybridized carbons (Fsp3) is 0.154.